The maximum absolute atomic E-state index is 12.6. The zero-order valence-electron chi connectivity index (χ0n) is 8.06. The predicted octanol–water partition coefficient (Wildman–Crippen LogP) is -1.02. The lowest BCUT2D eigenvalue weighted by Crippen LogP contribution is -2.47. The quantitative estimate of drug-likeness (QED) is 0.568. The fourth-order valence-corrected chi connectivity index (χ4v) is 1.22. The van der Waals surface area contributed by atoms with E-state index in [4.69, 9.17) is 5.73 Å². The Balaban J connectivity index is 2.33. The van der Waals surface area contributed by atoms with E-state index in [0.29, 0.717) is 6.42 Å². The molecule has 7 heteroatoms. The number of amides is 2. The molecule has 0 radical (unpaired) electrons. The monoisotopic (exact) mass is 221 g/mol. The summed E-state index contributed by atoms with van der Waals surface area (Å²) >= 11 is 0. The molecule has 1 heterocycles. The average molecular weight is 221 g/mol. The van der Waals surface area contributed by atoms with Crippen molar-refractivity contribution in [2.45, 2.75) is 24.8 Å². The van der Waals surface area contributed by atoms with Gasteiger partial charge in [0.05, 0.1) is 13.1 Å². The summed E-state index contributed by atoms with van der Waals surface area (Å²) in [5.74, 6) is -3.92. The zero-order valence-corrected chi connectivity index (χ0v) is 8.06. The number of carbonyl (C=O) groups is 2. The van der Waals surface area contributed by atoms with E-state index in [1.807, 2.05) is 0 Å². The Kier molecular flexibility index (Phi) is 3.57. The first-order chi connectivity index (χ1) is 6.94. The van der Waals surface area contributed by atoms with Crippen LogP contribution in [0.4, 0.5) is 8.78 Å². The second kappa shape index (κ2) is 4.52. The standard InChI is InChI=1S/C8H13F2N3O2/c9-8(10,3-11)4-12-7(15)5-1-2-6(14)13-5/h5H,1-4,11H2,(H,12,15)(H,13,14)/t5-/m1/s1. The molecule has 5 nitrogen and oxygen atoms in total. The maximum atomic E-state index is 12.6. The molecule has 15 heavy (non-hydrogen) atoms. The molecule has 1 aliphatic heterocycles. The van der Waals surface area contributed by atoms with Gasteiger partial charge in [-0.05, 0) is 6.42 Å². The normalized spacial score (nSPS) is 21.3. The summed E-state index contributed by atoms with van der Waals surface area (Å²) in [6, 6.07) is -0.689. The van der Waals surface area contributed by atoms with Crippen molar-refractivity contribution < 1.29 is 18.4 Å². The number of halogens is 2. The van der Waals surface area contributed by atoms with E-state index in [0.717, 1.165) is 0 Å². The highest BCUT2D eigenvalue weighted by Gasteiger charge is 2.31. The van der Waals surface area contributed by atoms with Gasteiger partial charge in [-0.2, -0.15) is 0 Å². The van der Waals surface area contributed by atoms with E-state index in [1.165, 1.54) is 0 Å². The molecule has 0 aliphatic carbocycles. The Bertz CT molecular complexity index is 271. The highest BCUT2D eigenvalue weighted by Crippen LogP contribution is 2.10. The summed E-state index contributed by atoms with van der Waals surface area (Å²) in [6.45, 7) is -1.61. The lowest BCUT2D eigenvalue weighted by molar-refractivity contribution is -0.127. The van der Waals surface area contributed by atoms with E-state index in [9.17, 15) is 18.4 Å². The van der Waals surface area contributed by atoms with Crippen LogP contribution in [0.5, 0.6) is 0 Å². The lowest BCUT2D eigenvalue weighted by Gasteiger charge is -2.16. The molecule has 1 atom stereocenters. The Morgan fingerprint density at radius 2 is 2.33 bits per heavy atom. The van der Waals surface area contributed by atoms with Crippen molar-refractivity contribution in [2.75, 3.05) is 13.1 Å². The van der Waals surface area contributed by atoms with Crippen molar-refractivity contribution in [2.24, 2.45) is 5.73 Å². The Labute approximate surface area is 85.4 Å². The fourth-order valence-electron chi connectivity index (χ4n) is 1.22. The van der Waals surface area contributed by atoms with Gasteiger partial charge >= 0.3 is 0 Å². The van der Waals surface area contributed by atoms with Crippen molar-refractivity contribution >= 4 is 11.8 Å². The Morgan fingerprint density at radius 1 is 1.67 bits per heavy atom. The number of hydrogen-bond acceptors (Lipinski definition) is 3. The van der Waals surface area contributed by atoms with Crippen LogP contribution in [0.2, 0.25) is 0 Å². The first kappa shape index (κ1) is 11.8. The number of nitrogens with one attached hydrogen (secondary N) is 2. The third-order valence-corrected chi connectivity index (χ3v) is 2.13. The van der Waals surface area contributed by atoms with Crippen molar-refractivity contribution in [1.29, 1.82) is 0 Å². The minimum atomic E-state index is -3.10. The van der Waals surface area contributed by atoms with E-state index in [1.54, 1.807) is 0 Å². The van der Waals surface area contributed by atoms with Crippen LogP contribution < -0.4 is 16.4 Å². The van der Waals surface area contributed by atoms with Crippen LogP contribution in [0.25, 0.3) is 0 Å². The van der Waals surface area contributed by atoms with Gasteiger partial charge < -0.3 is 16.4 Å². The third-order valence-electron chi connectivity index (χ3n) is 2.13. The molecular weight excluding hydrogens is 208 g/mol. The third kappa shape index (κ3) is 3.43. The van der Waals surface area contributed by atoms with Crippen molar-refractivity contribution in [3.05, 3.63) is 0 Å². The summed E-state index contributed by atoms with van der Waals surface area (Å²) in [6.07, 6.45) is 0.601. The van der Waals surface area contributed by atoms with Gasteiger partial charge in [0.2, 0.25) is 11.8 Å². The molecular formula is C8H13F2N3O2. The van der Waals surface area contributed by atoms with Gasteiger partial charge in [-0.3, -0.25) is 9.59 Å². The Hall–Kier alpha value is -1.24. The lowest BCUT2D eigenvalue weighted by atomic mass is 10.2. The van der Waals surface area contributed by atoms with Crippen LogP contribution in [0.1, 0.15) is 12.8 Å². The number of hydrogen-bond donors (Lipinski definition) is 3. The SMILES string of the molecule is NCC(F)(F)CNC(=O)[C@H]1CCC(=O)N1. The second-order valence-electron chi connectivity index (χ2n) is 3.44. The average Bonchev–Trinajstić information content (AvgIpc) is 2.61. The van der Waals surface area contributed by atoms with Crippen molar-refractivity contribution in [3.8, 4) is 0 Å². The smallest absolute Gasteiger partial charge is 0.277 e. The molecule has 1 aliphatic rings. The summed E-state index contributed by atoms with van der Waals surface area (Å²) in [7, 11) is 0. The first-order valence-electron chi connectivity index (χ1n) is 4.59. The first-order valence-corrected chi connectivity index (χ1v) is 4.59. The second-order valence-corrected chi connectivity index (χ2v) is 3.44. The van der Waals surface area contributed by atoms with Crippen LogP contribution in [-0.2, 0) is 9.59 Å². The minimum Gasteiger partial charge on any atom is -0.348 e. The fraction of sp³-hybridized carbons (Fsp3) is 0.750. The number of alkyl halides is 2. The van der Waals surface area contributed by atoms with Gasteiger partial charge in [0.25, 0.3) is 5.92 Å². The van der Waals surface area contributed by atoms with Crippen LogP contribution in [0.3, 0.4) is 0 Å². The van der Waals surface area contributed by atoms with Gasteiger partial charge in [0, 0.05) is 6.42 Å². The number of carbonyl (C=O) groups excluding carboxylic acids is 2. The van der Waals surface area contributed by atoms with Crippen molar-refractivity contribution in [1.82, 2.24) is 10.6 Å². The summed E-state index contributed by atoms with van der Waals surface area (Å²) < 4.78 is 25.3. The molecule has 86 valence electrons. The molecule has 4 N–H and O–H groups in total. The van der Waals surface area contributed by atoms with Gasteiger partial charge in [-0.1, -0.05) is 0 Å². The number of rotatable bonds is 4. The summed E-state index contributed by atoms with van der Waals surface area (Å²) in [4.78, 5) is 22.0. The summed E-state index contributed by atoms with van der Waals surface area (Å²) in [5.41, 5.74) is 4.80. The summed E-state index contributed by atoms with van der Waals surface area (Å²) in [5, 5.41) is 4.43. The van der Waals surface area contributed by atoms with Gasteiger partial charge in [0.15, 0.2) is 0 Å². The molecule has 1 fully saturated rings. The molecule has 0 aromatic rings. The van der Waals surface area contributed by atoms with Crippen LogP contribution in [0, 0.1) is 0 Å². The van der Waals surface area contributed by atoms with Crippen molar-refractivity contribution in [3.63, 3.8) is 0 Å². The number of nitrogens with two attached hydrogens (primary N) is 1. The molecule has 0 spiro atoms. The van der Waals surface area contributed by atoms with Gasteiger partial charge in [-0.25, -0.2) is 8.78 Å². The Morgan fingerprint density at radius 3 is 2.80 bits per heavy atom. The highest BCUT2D eigenvalue weighted by molar-refractivity contribution is 5.90. The van der Waals surface area contributed by atoms with Crippen LogP contribution >= 0.6 is 0 Å². The molecule has 0 aromatic carbocycles. The van der Waals surface area contributed by atoms with E-state index < -0.39 is 31.0 Å². The van der Waals surface area contributed by atoms with E-state index in [-0.39, 0.29) is 12.3 Å². The molecule has 2 amide bonds. The molecule has 0 unspecified atom stereocenters. The molecule has 1 saturated heterocycles. The van der Waals surface area contributed by atoms with Crippen LogP contribution in [-0.4, -0.2) is 36.9 Å². The van der Waals surface area contributed by atoms with Crippen LogP contribution in [0.15, 0.2) is 0 Å². The molecule has 0 bridgehead atoms. The topological polar surface area (TPSA) is 84.2 Å². The highest BCUT2D eigenvalue weighted by atomic mass is 19.3. The largest absolute Gasteiger partial charge is 0.348 e. The molecule has 0 aromatic heterocycles. The van der Waals surface area contributed by atoms with E-state index in [2.05, 4.69) is 10.6 Å². The zero-order chi connectivity index (χ0) is 11.5. The van der Waals surface area contributed by atoms with Gasteiger partial charge in [0.1, 0.15) is 6.04 Å². The molecule has 0 saturated carbocycles. The maximum Gasteiger partial charge on any atom is 0.277 e. The van der Waals surface area contributed by atoms with Gasteiger partial charge in [-0.15, -0.1) is 0 Å². The minimum absolute atomic E-state index is 0.235. The predicted molar refractivity (Wildman–Crippen MR) is 48.2 cm³/mol. The van der Waals surface area contributed by atoms with E-state index >= 15 is 0 Å². The molecule has 1 rings (SSSR count).